The summed E-state index contributed by atoms with van der Waals surface area (Å²) in [5.41, 5.74) is 7.48. The van der Waals surface area contributed by atoms with Crippen LogP contribution in [0.2, 0.25) is 0 Å². The van der Waals surface area contributed by atoms with Crippen molar-refractivity contribution in [3.63, 3.8) is 0 Å². The van der Waals surface area contributed by atoms with Gasteiger partial charge in [0.15, 0.2) is 5.65 Å². The first-order valence-electron chi connectivity index (χ1n) is 7.00. The maximum Gasteiger partial charge on any atom is 0.215 e. The molecule has 2 aromatic rings. The number of aryl methyl sites for hydroxylation is 1. The minimum absolute atomic E-state index is 0.481. The standard InChI is InChI=1S/C14H22N4O2/c1-3-4-9-20-10-5-8-18-13-11(16-14(18)15)6-7-12(17-13)19-2/h6-7H,3-5,8-10H2,1-2H3,(H2,15,16). The molecule has 0 bridgehead atoms. The van der Waals surface area contributed by atoms with Crippen LogP contribution in [-0.4, -0.2) is 34.9 Å². The molecule has 0 aliphatic carbocycles. The van der Waals surface area contributed by atoms with E-state index in [1.54, 1.807) is 13.2 Å². The van der Waals surface area contributed by atoms with Crippen LogP contribution in [0.3, 0.4) is 0 Å². The SMILES string of the molecule is CCCCOCCCn1c(N)nc2ccc(OC)nc21. The van der Waals surface area contributed by atoms with Crippen molar-refractivity contribution >= 4 is 17.1 Å². The van der Waals surface area contributed by atoms with Crippen LogP contribution in [0.1, 0.15) is 26.2 Å². The number of nitrogens with zero attached hydrogens (tertiary/aromatic N) is 3. The fraction of sp³-hybridized carbons (Fsp3) is 0.571. The van der Waals surface area contributed by atoms with E-state index in [4.69, 9.17) is 15.2 Å². The van der Waals surface area contributed by atoms with Gasteiger partial charge in [0.25, 0.3) is 0 Å². The third kappa shape index (κ3) is 3.39. The summed E-state index contributed by atoms with van der Waals surface area (Å²) < 4.78 is 12.6. The Morgan fingerprint density at radius 3 is 2.75 bits per heavy atom. The van der Waals surface area contributed by atoms with Gasteiger partial charge in [-0.2, -0.15) is 4.98 Å². The van der Waals surface area contributed by atoms with Crippen molar-refractivity contribution in [2.24, 2.45) is 0 Å². The van der Waals surface area contributed by atoms with Crippen LogP contribution >= 0.6 is 0 Å². The summed E-state index contributed by atoms with van der Waals surface area (Å²) in [6.45, 7) is 4.45. The minimum Gasteiger partial charge on any atom is -0.481 e. The molecular weight excluding hydrogens is 256 g/mol. The van der Waals surface area contributed by atoms with Crippen molar-refractivity contribution in [3.05, 3.63) is 12.1 Å². The second kappa shape index (κ2) is 7.09. The van der Waals surface area contributed by atoms with Gasteiger partial charge in [0, 0.05) is 25.8 Å². The number of rotatable bonds is 8. The predicted molar refractivity (Wildman–Crippen MR) is 78.8 cm³/mol. The molecule has 0 fully saturated rings. The number of anilines is 1. The van der Waals surface area contributed by atoms with Crippen LogP contribution in [0.25, 0.3) is 11.2 Å². The number of hydrogen-bond donors (Lipinski definition) is 1. The number of nitrogen functional groups attached to an aromatic ring is 1. The smallest absolute Gasteiger partial charge is 0.215 e. The number of pyridine rings is 1. The molecule has 2 rings (SSSR count). The third-order valence-corrected chi connectivity index (χ3v) is 3.12. The Kier molecular flexibility index (Phi) is 5.17. The molecule has 0 aliphatic rings. The maximum atomic E-state index is 5.94. The Balaban J connectivity index is 1.99. The lowest BCUT2D eigenvalue weighted by molar-refractivity contribution is 0.126. The van der Waals surface area contributed by atoms with Gasteiger partial charge in [-0.15, -0.1) is 0 Å². The van der Waals surface area contributed by atoms with Gasteiger partial charge in [-0.05, 0) is 18.9 Å². The van der Waals surface area contributed by atoms with Crippen LogP contribution in [0, 0.1) is 0 Å². The Bertz CT molecular complexity index is 553. The molecule has 6 nitrogen and oxygen atoms in total. The molecule has 0 unspecified atom stereocenters. The van der Waals surface area contributed by atoms with E-state index in [0.717, 1.165) is 50.2 Å². The summed E-state index contributed by atoms with van der Waals surface area (Å²) in [5, 5.41) is 0. The monoisotopic (exact) mass is 278 g/mol. The number of hydrogen-bond acceptors (Lipinski definition) is 5. The van der Waals surface area contributed by atoms with Crippen LogP contribution < -0.4 is 10.5 Å². The second-order valence-electron chi connectivity index (χ2n) is 4.64. The van der Waals surface area contributed by atoms with E-state index in [2.05, 4.69) is 16.9 Å². The predicted octanol–water partition coefficient (Wildman–Crippen LogP) is 2.23. The highest BCUT2D eigenvalue weighted by atomic mass is 16.5. The van der Waals surface area contributed by atoms with Gasteiger partial charge in [0.05, 0.1) is 7.11 Å². The van der Waals surface area contributed by atoms with Crippen molar-refractivity contribution in [3.8, 4) is 5.88 Å². The number of fused-ring (bicyclic) bond motifs is 1. The summed E-state index contributed by atoms with van der Waals surface area (Å²) in [5.74, 6) is 1.05. The zero-order valence-electron chi connectivity index (χ0n) is 12.1. The molecule has 6 heteroatoms. The molecule has 2 N–H and O–H groups in total. The van der Waals surface area contributed by atoms with Gasteiger partial charge < -0.3 is 15.2 Å². The minimum atomic E-state index is 0.481. The van der Waals surface area contributed by atoms with Gasteiger partial charge in [-0.1, -0.05) is 13.3 Å². The average Bonchev–Trinajstić information content (AvgIpc) is 2.77. The normalized spacial score (nSPS) is 11.1. The molecular formula is C14H22N4O2. The first-order chi connectivity index (χ1) is 9.76. The van der Waals surface area contributed by atoms with E-state index in [-0.39, 0.29) is 0 Å². The summed E-state index contributed by atoms with van der Waals surface area (Å²) in [6.07, 6.45) is 3.15. The number of aromatic nitrogens is 3. The van der Waals surface area contributed by atoms with Crippen molar-refractivity contribution in [1.82, 2.24) is 14.5 Å². The molecule has 0 aliphatic heterocycles. The quantitative estimate of drug-likeness (QED) is 0.749. The molecule has 0 amide bonds. The van der Waals surface area contributed by atoms with Crippen molar-refractivity contribution in [2.75, 3.05) is 26.1 Å². The van der Waals surface area contributed by atoms with E-state index in [9.17, 15) is 0 Å². The third-order valence-electron chi connectivity index (χ3n) is 3.12. The summed E-state index contributed by atoms with van der Waals surface area (Å²) in [4.78, 5) is 8.70. The molecule has 20 heavy (non-hydrogen) atoms. The van der Waals surface area contributed by atoms with Crippen LogP contribution in [-0.2, 0) is 11.3 Å². The van der Waals surface area contributed by atoms with Gasteiger partial charge in [-0.3, -0.25) is 4.57 Å². The van der Waals surface area contributed by atoms with Crippen LogP contribution in [0.5, 0.6) is 5.88 Å². The molecule has 0 saturated carbocycles. The van der Waals surface area contributed by atoms with Crippen LogP contribution in [0.15, 0.2) is 12.1 Å². The number of imidazole rings is 1. The molecule has 2 aromatic heterocycles. The lowest BCUT2D eigenvalue weighted by Gasteiger charge is -2.07. The number of unbranched alkanes of at least 4 members (excludes halogenated alkanes) is 1. The van der Waals surface area contributed by atoms with E-state index in [1.807, 2.05) is 10.6 Å². The molecule has 0 saturated heterocycles. The lowest BCUT2D eigenvalue weighted by atomic mass is 10.3. The lowest BCUT2D eigenvalue weighted by Crippen LogP contribution is -2.07. The second-order valence-corrected chi connectivity index (χ2v) is 4.64. The summed E-state index contributed by atoms with van der Waals surface area (Å²) in [6, 6.07) is 3.65. The highest BCUT2D eigenvalue weighted by molar-refractivity contribution is 5.74. The molecule has 0 spiro atoms. The Morgan fingerprint density at radius 2 is 2.00 bits per heavy atom. The molecule has 0 radical (unpaired) electrons. The molecule has 0 aromatic carbocycles. The Morgan fingerprint density at radius 1 is 1.20 bits per heavy atom. The number of nitrogens with two attached hydrogens (primary N) is 1. The van der Waals surface area contributed by atoms with Gasteiger partial charge >= 0.3 is 0 Å². The zero-order chi connectivity index (χ0) is 14.4. The highest BCUT2D eigenvalue weighted by Gasteiger charge is 2.10. The van der Waals surface area contributed by atoms with Crippen molar-refractivity contribution < 1.29 is 9.47 Å². The van der Waals surface area contributed by atoms with Gasteiger partial charge in [0.2, 0.25) is 11.8 Å². The van der Waals surface area contributed by atoms with Gasteiger partial charge in [0.1, 0.15) is 5.52 Å². The zero-order valence-corrected chi connectivity index (χ0v) is 12.1. The van der Waals surface area contributed by atoms with E-state index in [1.165, 1.54) is 0 Å². The Labute approximate surface area is 118 Å². The topological polar surface area (TPSA) is 75.2 Å². The molecule has 2 heterocycles. The molecule has 0 atom stereocenters. The van der Waals surface area contributed by atoms with E-state index in [0.29, 0.717) is 11.8 Å². The first kappa shape index (κ1) is 14.6. The van der Waals surface area contributed by atoms with E-state index < -0.39 is 0 Å². The largest absolute Gasteiger partial charge is 0.481 e. The fourth-order valence-electron chi connectivity index (χ4n) is 2.01. The first-order valence-corrected chi connectivity index (χ1v) is 7.00. The molecule has 110 valence electrons. The number of ether oxygens (including phenoxy) is 2. The average molecular weight is 278 g/mol. The van der Waals surface area contributed by atoms with Gasteiger partial charge in [-0.25, -0.2) is 4.98 Å². The maximum absolute atomic E-state index is 5.94. The summed E-state index contributed by atoms with van der Waals surface area (Å²) >= 11 is 0. The highest BCUT2D eigenvalue weighted by Crippen LogP contribution is 2.19. The van der Waals surface area contributed by atoms with Crippen molar-refractivity contribution in [1.29, 1.82) is 0 Å². The van der Waals surface area contributed by atoms with Crippen molar-refractivity contribution in [2.45, 2.75) is 32.7 Å². The number of methoxy groups -OCH3 is 1. The summed E-state index contributed by atoms with van der Waals surface area (Å²) in [7, 11) is 1.60. The van der Waals surface area contributed by atoms with Crippen LogP contribution in [0.4, 0.5) is 5.95 Å². The van der Waals surface area contributed by atoms with E-state index >= 15 is 0 Å². The fourth-order valence-corrected chi connectivity index (χ4v) is 2.01. The Hall–Kier alpha value is -1.82.